The first kappa shape index (κ1) is 28.5. The monoisotopic (exact) mass is 552 g/mol. The number of thiocarbonyl (C=S) groups is 1. The molecular formula is C23H28N4O8S2. The molecule has 0 aliphatic carbocycles. The van der Waals surface area contributed by atoms with E-state index in [2.05, 4.69) is 16.0 Å². The maximum absolute atomic E-state index is 12.6. The van der Waals surface area contributed by atoms with Gasteiger partial charge in [0.05, 0.1) is 18.6 Å². The van der Waals surface area contributed by atoms with Gasteiger partial charge in [-0.15, -0.1) is 0 Å². The highest BCUT2D eigenvalue weighted by Gasteiger charge is 2.45. The third-order valence-corrected chi connectivity index (χ3v) is 6.64. The Hall–Kier alpha value is -3.11. The summed E-state index contributed by atoms with van der Waals surface area (Å²) in [6.45, 7) is -0.594. The van der Waals surface area contributed by atoms with E-state index >= 15 is 0 Å². The average molecular weight is 553 g/mol. The van der Waals surface area contributed by atoms with E-state index in [0.29, 0.717) is 11.4 Å². The SMILES string of the molecule is COc1ccc(/C=C/C(=O)N[C@@H]2[C@@H](O)[C@H](O)[C@@H](CO)O[C@H]2NC(=S)Nc2ccc(S(N)(=O)=O)cc2)cc1. The summed E-state index contributed by atoms with van der Waals surface area (Å²) in [5.41, 5.74) is 1.15. The second kappa shape index (κ2) is 12.4. The zero-order chi connectivity index (χ0) is 27.2. The van der Waals surface area contributed by atoms with Crippen molar-refractivity contribution in [3.05, 3.63) is 60.2 Å². The molecule has 0 spiro atoms. The number of hydrogen-bond acceptors (Lipinski definition) is 9. The van der Waals surface area contributed by atoms with Gasteiger partial charge in [0.25, 0.3) is 0 Å². The largest absolute Gasteiger partial charge is 0.497 e. The molecule has 2 aromatic rings. The summed E-state index contributed by atoms with van der Waals surface area (Å²) in [5, 5.41) is 43.8. The Kier molecular flexibility index (Phi) is 9.56. The molecule has 37 heavy (non-hydrogen) atoms. The molecule has 1 fully saturated rings. The molecule has 1 aliphatic rings. The van der Waals surface area contributed by atoms with Crippen LogP contribution in [-0.2, 0) is 19.6 Å². The van der Waals surface area contributed by atoms with Crippen LogP contribution in [0, 0.1) is 0 Å². The highest BCUT2D eigenvalue weighted by Crippen LogP contribution is 2.21. The summed E-state index contributed by atoms with van der Waals surface area (Å²) in [6.07, 6.45) is -2.47. The lowest BCUT2D eigenvalue weighted by molar-refractivity contribution is -0.198. The van der Waals surface area contributed by atoms with Crippen molar-refractivity contribution in [3.63, 3.8) is 0 Å². The molecule has 1 amide bonds. The highest BCUT2D eigenvalue weighted by molar-refractivity contribution is 7.89. The van der Waals surface area contributed by atoms with Gasteiger partial charge in [0.2, 0.25) is 15.9 Å². The molecule has 1 aliphatic heterocycles. The number of ether oxygens (including phenoxy) is 2. The zero-order valence-corrected chi connectivity index (χ0v) is 21.3. The average Bonchev–Trinajstić information content (AvgIpc) is 2.87. The van der Waals surface area contributed by atoms with Crippen molar-refractivity contribution >= 4 is 45.0 Å². The van der Waals surface area contributed by atoms with Gasteiger partial charge >= 0.3 is 0 Å². The minimum Gasteiger partial charge on any atom is -0.497 e. The fourth-order valence-electron chi connectivity index (χ4n) is 3.52. The number of benzene rings is 2. The number of nitrogens with one attached hydrogen (secondary N) is 3. The number of carbonyl (C=O) groups is 1. The van der Waals surface area contributed by atoms with Gasteiger partial charge in [0, 0.05) is 11.8 Å². The summed E-state index contributed by atoms with van der Waals surface area (Å²) < 4.78 is 33.6. The van der Waals surface area contributed by atoms with Crippen molar-refractivity contribution in [2.24, 2.45) is 5.14 Å². The molecule has 0 saturated carbocycles. The van der Waals surface area contributed by atoms with Gasteiger partial charge in [0.1, 0.15) is 30.1 Å². The van der Waals surface area contributed by atoms with Crippen molar-refractivity contribution in [2.75, 3.05) is 19.0 Å². The Bertz CT molecular complexity index is 1220. The van der Waals surface area contributed by atoms with Gasteiger partial charge in [-0.1, -0.05) is 12.1 Å². The van der Waals surface area contributed by atoms with Crippen molar-refractivity contribution in [1.29, 1.82) is 0 Å². The highest BCUT2D eigenvalue weighted by atomic mass is 32.2. The molecule has 0 radical (unpaired) electrons. The maximum atomic E-state index is 12.6. The minimum absolute atomic E-state index is 0.00154. The zero-order valence-electron chi connectivity index (χ0n) is 19.6. The molecule has 3 rings (SSSR count). The van der Waals surface area contributed by atoms with Gasteiger partial charge in [0.15, 0.2) is 11.3 Å². The van der Waals surface area contributed by atoms with Crippen molar-refractivity contribution < 1.29 is 38.0 Å². The van der Waals surface area contributed by atoms with E-state index in [4.69, 9.17) is 26.8 Å². The molecular weight excluding hydrogens is 524 g/mol. The standard InChI is InChI=1S/C23H28N4O8S2/c1-34-15-7-2-13(3-8-15)4-11-18(29)26-19-21(31)20(30)17(12-28)35-22(19)27-23(36)25-14-5-9-16(10-6-14)37(24,32)33/h2-11,17,19-22,28,30-31H,12H2,1H3,(H,26,29)(H2,24,32,33)(H2,25,27,36)/b11-4+/t17-,19-,20-,21-,22-/m1/s1. The second-order valence-electron chi connectivity index (χ2n) is 8.07. The van der Waals surface area contributed by atoms with E-state index in [9.17, 15) is 28.5 Å². The molecule has 8 N–H and O–H groups in total. The number of methoxy groups -OCH3 is 1. The molecule has 1 heterocycles. The number of rotatable bonds is 8. The van der Waals surface area contributed by atoms with E-state index in [1.54, 1.807) is 37.5 Å². The quantitative estimate of drug-likeness (QED) is 0.161. The fraction of sp³-hybridized carbons (Fsp3) is 0.304. The predicted octanol–water partition coefficient (Wildman–Crippen LogP) is -0.734. The number of hydrogen-bond donors (Lipinski definition) is 7. The summed E-state index contributed by atoms with van der Waals surface area (Å²) in [5.74, 6) is 0.0812. The normalized spacial score (nSPS) is 23.9. The molecule has 0 aromatic heterocycles. The van der Waals surface area contributed by atoms with E-state index in [1.807, 2.05) is 0 Å². The van der Waals surface area contributed by atoms with Gasteiger partial charge in [-0.2, -0.15) is 0 Å². The number of sulfonamides is 1. The van der Waals surface area contributed by atoms with E-state index in [0.717, 1.165) is 5.56 Å². The number of amides is 1. The van der Waals surface area contributed by atoms with Crippen LogP contribution in [-0.4, -0.2) is 79.1 Å². The predicted molar refractivity (Wildman–Crippen MR) is 139 cm³/mol. The molecule has 0 bridgehead atoms. The van der Waals surface area contributed by atoms with E-state index < -0.39 is 53.1 Å². The molecule has 5 atom stereocenters. The second-order valence-corrected chi connectivity index (χ2v) is 10.0. The summed E-state index contributed by atoms with van der Waals surface area (Å²) >= 11 is 5.28. The number of primary sulfonamides is 1. The van der Waals surface area contributed by atoms with Crippen LogP contribution in [0.2, 0.25) is 0 Å². The van der Waals surface area contributed by atoms with Crippen LogP contribution in [0.3, 0.4) is 0 Å². The summed E-state index contributed by atoms with van der Waals surface area (Å²) in [7, 11) is -2.32. The van der Waals surface area contributed by atoms with Gasteiger partial charge < -0.3 is 40.7 Å². The Labute approximate surface area is 219 Å². The van der Waals surface area contributed by atoms with Crippen LogP contribution >= 0.6 is 12.2 Å². The minimum atomic E-state index is -3.86. The fourth-order valence-corrected chi connectivity index (χ4v) is 4.27. The van der Waals surface area contributed by atoms with Crippen LogP contribution in [0.25, 0.3) is 6.08 Å². The Morgan fingerprint density at radius 1 is 1.11 bits per heavy atom. The van der Waals surface area contributed by atoms with Crippen LogP contribution in [0.5, 0.6) is 5.75 Å². The van der Waals surface area contributed by atoms with Crippen molar-refractivity contribution in [3.8, 4) is 5.75 Å². The molecule has 1 saturated heterocycles. The molecule has 12 nitrogen and oxygen atoms in total. The molecule has 200 valence electrons. The van der Waals surface area contributed by atoms with Crippen LogP contribution in [0.15, 0.2) is 59.5 Å². The number of anilines is 1. The molecule has 2 aromatic carbocycles. The first-order valence-electron chi connectivity index (χ1n) is 11.0. The number of aliphatic hydroxyl groups excluding tert-OH is 3. The van der Waals surface area contributed by atoms with Crippen molar-refractivity contribution in [2.45, 2.75) is 35.5 Å². The van der Waals surface area contributed by atoms with Crippen LogP contribution in [0.1, 0.15) is 5.56 Å². The smallest absolute Gasteiger partial charge is 0.244 e. The third kappa shape index (κ3) is 7.69. The number of nitrogens with two attached hydrogens (primary N) is 1. The number of carbonyl (C=O) groups excluding carboxylic acids is 1. The van der Waals surface area contributed by atoms with E-state index in [1.165, 1.54) is 30.3 Å². The van der Waals surface area contributed by atoms with Crippen LogP contribution < -0.4 is 25.8 Å². The first-order valence-corrected chi connectivity index (χ1v) is 12.9. The Balaban J connectivity index is 1.69. The lowest BCUT2D eigenvalue weighted by Crippen LogP contribution is -2.68. The number of aliphatic hydroxyl groups is 3. The topological polar surface area (TPSA) is 192 Å². The lowest BCUT2D eigenvalue weighted by Gasteiger charge is -2.43. The third-order valence-electron chi connectivity index (χ3n) is 5.49. The summed E-state index contributed by atoms with van der Waals surface area (Å²) in [4.78, 5) is 12.5. The van der Waals surface area contributed by atoms with Crippen LogP contribution in [0.4, 0.5) is 5.69 Å². The van der Waals surface area contributed by atoms with E-state index in [-0.39, 0.29) is 10.0 Å². The maximum Gasteiger partial charge on any atom is 0.244 e. The van der Waals surface area contributed by atoms with Crippen molar-refractivity contribution in [1.82, 2.24) is 10.6 Å². The van der Waals surface area contributed by atoms with Gasteiger partial charge in [-0.25, -0.2) is 13.6 Å². The molecule has 0 unspecified atom stereocenters. The van der Waals surface area contributed by atoms with Gasteiger partial charge in [-0.05, 0) is 60.3 Å². The first-order chi connectivity index (χ1) is 17.5. The Morgan fingerprint density at radius 2 is 1.76 bits per heavy atom. The summed E-state index contributed by atoms with van der Waals surface area (Å²) in [6, 6.07) is 11.3. The van der Waals surface area contributed by atoms with Gasteiger partial charge in [-0.3, -0.25) is 4.79 Å². The molecule has 14 heteroatoms. The Morgan fingerprint density at radius 3 is 2.32 bits per heavy atom. The lowest BCUT2D eigenvalue weighted by atomic mass is 9.96.